The maximum atomic E-state index is 12.2. The molecule has 8 heteroatoms. The lowest BCUT2D eigenvalue weighted by molar-refractivity contribution is -0.385. The van der Waals surface area contributed by atoms with E-state index in [1.54, 1.807) is 0 Å². The average Bonchev–Trinajstić information content (AvgIpc) is 3.26. The molecule has 0 saturated carbocycles. The third kappa shape index (κ3) is 3.02. The standard InChI is InChI=1S/C16H15N5O3/c1-11(18-16(22)15-14(21(23)24)10-17-19-15)12-4-6-13(7-5-12)20-8-2-3-9-20/h2-11H,1H3,(H,17,19)(H,18,22). The van der Waals surface area contributed by atoms with Gasteiger partial charge in [0.05, 0.1) is 11.0 Å². The van der Waals surface area contributed by atoms with E-state index in [1.165, 1.54) is 0 Å². The summed E-state index contributed by atoms with van der Waals surface area (Å²) in [5.74, 6) is -0.568. The number of aromatic nitrogens is 3. The van der Waals surface area contributed by atoms with Crippen LogP contribution in [0.5, 0.6) is 0 Å². The smallest absolute Gasteiger partial charge is 0.319 e. The van der Waals surface area contributed by atoms with Crippen molar-refractivity contribution in [2.24, 2.45) is 0 Å². The molecular weight excluding hydrogens is 310 g/mol. The Labute approximate surface area is 137 Å². The van der Waals surface area contributed by atoms with Gasteiger partial charge in [-0.1, -0.05) is 12.1 Å². The molecule has 1 aromatic carbocycles. The van der Waals surface area contributed by atoms with E-state index in [9.17, 15) is 14.9 Å². The monoisotopic (exact) mass is 325 g/mol. The van der Waals surface area contributed by atoms with E-state index >= 15 is 0 Å². The van der Waals surface area contributed by atoms with Gasteiger partial charge in [-0.2, -0.15) is 5.10 Å². The van der Waals surface area contributed by atoms with Crippen LogP contribution in [0.15, 0.2) is 55.0 Å². The minimum absolute atomic E-state index is 0.157. The number of aromatic amines is 1. The molecule has 2 heterocycles. The van der Waals surface area contributed by atoms with Gasteiger partial charge in [0.25, 0.3) is 5.91 Å². The van der Waals surface area contributed by atoms with Gasteiger partial charge in [0.15, 0.2) is 0 Å². The maximum Gasteiger partial charge on any atom is 0.319 e. The highest BCUT2D eigenvalue weighted by Gasteiger charge is 2.24. The third-order valence-corrected chi connectivity index (χ3v) is 3.69. The molecular formula is C16H15N5O3. The second kappa shape index (κ2) is 6.37. The molecule has 0 aliphatic heterocycles. The van der Waals surface area contributed by atoms with Gasteiger partial charge in [0, 0.05) is 18.1 Å². The zero-order valence-corrected chi connectivity index (χ0v) is 12.8. The number of benzene rings is 1. The molecule has 1 atom stereocenters. The van der Waals surface area contributed by atoms with Crippen LogP contribution >= 0.6 is 0 Å². The van der Waals surface area contributed by atoms with Gasteiger partial charge >= 0.3 is 5.69 Å². The van der Waals surface area contributed by atoms with Crippen molar-refractivity contribution in [2.45, 2.75) is 13.0 Å². The lowest BCUT2D eigenvalue weighted by atomic mass is 10.1. The molecule has 1 amide bonds. The number of carbonyl (C=O) groups excluding carboxylic acids is 1. The number of H-pyrrole nitrogens is 1. The molecule has 2 aromatic heterocycles. The summed E-state index contributed by atoms with van der Waals surface area (Å²) in [7, 11) is 0. The van der Waals surface area contributed by atoms with Gasteiger partial charge in [-0.15, -0.1) is 0 Å². The Morgan fingerprint density at radius 2 is 1.96 bits per heavy atom. The predicted octanol–water partition coefficient (Wildman–Crippen LogP) is 2.60. The Kier molecular flexibility index (Phi) is 4.11. The summed E-state index contributed by atoms with van der Waals surface area (Å²) in [4.78, 5) is 22.4. The van der Waals surface area contributed by atoms with Crippen LogP contribution in [0.3, 0.4) is 0 Å². The molecule has 0 fully saturated rings. The van der Waals surface area contributed by atoms with Crippen LogP contribution in [0.1, 0.15) is 29.0 Å². The van der Waals surface area contributed by atoms with Gasteiger partial charge in [-0.05, 0) is 36.8 Å². The van der Waals surface area contributed by atoms with Crippen LogP contribution in [0, 0.1) is 10.1 Å². The topological polar surface area (TPSA) is 106 Å². The first-order chi connectivity index (χ1) is 11.6. The van der Waals surface area contributed by atoms with E-state index in [0.29, 0.717) is 0 Å². The van der Waals surface area contributed by atoms with Gasteiger partial charge in [0.2, 0.25) is 5.69 Å². The number of nitrogens with one attached hydrogen (secondary N) is 2. The average molecular weight is 325 g/mol. The molecule has 2 N–H and O–H groups in total. The predicted molar refractivity (Wildman–Crippen MR) is 86.9 cm³/mol. The molecule has 24 heavy (non-hydrogen) atoms. The highest BCUT2D eigenvalue weighted by atomic mass is 16.6. The van der Waals surface area contributed by atoms with Gasteiger partial charge < -0.3 is 9.88 Å². The minimum Gasteiger partial charge on any atom is -0.344 e. The van der Waals surface area contributed by atoms with Gasteiger partial charge in [0.1, 0.15) is 6.20 Å². The molecule has 0 radical (unpaired) electrons. The fourth-order valence-electron chi connectivity index (χ4n) is 2.38. The minimum atomic E-state index is -0.644. The first-order valence-corrected chi connectivity index (χ1v) is 7.28. The Hall–Kier alpha value is -3.42. The Balaban J connectivity index is 1.72. The van der Waals surface area contributed by atoms with E-state index in [-0.39, 0.29) is 17.4 Å². The lowest BCUT2D eigenvalue weighted by Crippen LogP contribution is -2.27. The highest BCUT2D eigenvalue weighted by Crippen LogP contribution is 2.19. The molecule has 3 aromatic rings. The summed E-state index contributed by atoms with van der Waals surface area (Å²) in [5, 5.41) is 19.5. The Morgan fingerprint density at radius 3 is 2.58 bits per heavy atom. The molecule has 0 aliphatic rings. The zero-order chi connectivity index (χ0) is 17.1. The summed E-state index contributed by atoms with van der Waals surface area (Å²) in [6.45, 7) is 1.81. The molecule has 8 nitrogen and oxygen atoms in total. The zero-order valence-electron chi connectivity index (χ0n) is 12.8. The fourth-order valence-corrected chi connectivity index (χ4v) is 2.38. The van der Waals surface area contributed by atoms with Crippen molar-refractivity contribution >= 4 is 11.6 Å². The fraction of sp³-hybridized carbons (Fsp3) is 0.125. The maximum absolute atomic E-state index is 12.2. The molecule has 3 rings (SSSR count). The van der Waals surface area contributed by atoms with Crippen LogP contribution in [-0.4, -0.2) is 25.6 Å². The van der Waals surface area contributed by atoms with Gasteiger partial charge in [-0.3, -0.25) is 20.0 Å². The largest absolute Gasteiger partial charge is 0.344 e. The second-order valence-corrected chi connectivity index (χ2v) is 5.26. The highest BCUT2D eigenvalue weighted by molar-refractivity contribution is 5.96. The van der Waals surface area contributed by atoms with Crippen molar-refractivity contribution in [2.75, 3.05) is 0 Å². The molecule has 0 spiro atoms. The summed E-state index contributed by atoms with van der Waals surface area (Å²) in [6.07, 6.45) is 4.90. The van der Waals surface area contributed by atoms with Crippen LogP contribution < -0.4 is 5.32 Å². The van der Waals surface area contributed by atoms with Crippen LogP contribution in [0.4, 0.5) is 5.69 Å². The van der Waals surface area contributed by atoms with Crippen molar-refractivity contribution in [1.29, 1.82) is 0 Å². The number of amides is 1. The molecule has 1 unspecified atom stereocenters. The molecule has 122 valence electrons. The lowest BCUT2D eigenvalue weighted by Gasteiger charge is -2.14. The number of hydrogen-bond acceptors (Lipinski definition) is 4. The Morgan fingerprint density at radius 1 is 1.29 bits per heavy atom. The molecule has 0 saturated heterocycles. The number of nitrogens with zero attached hydrogens (tertiary/aromatic N) is 3. The summed E-state index contributed by atoms with van der Waals surface area (Å²) in [6, 6.07) is 11.3. The van der Waals surface area contributed by atoms with Crippen molar-refractivity contribution in [3.8, 4) is 5.69 Å². The molecule has 0 aliphatic carbocycles. The SMILES string of the molecule is CC(NC(=O)c1[nH]ncc1[N+](=O)[O-])c1ccc(-n2cccc2)cc1. The summed E-state index contributed by atoms with van der Waals surface area (Å²) >= 11 is 0. The van der Waals surface area contributed by atoms with E-state index < -0.39 is 10.8 Å². The van der Waals surface area contributed by atoms with E-state index in [2.05, 4.69) is 15.5 Å². The third-order valence-electron chi connectivity index (χ3n) is 3.69. The molecule has 0 bridgehead atoms. The second-order valence-electron chi connectivity index (χ2n) is 5.26. The number of carbonyl (C=O) groups is 1. The van der Waals surface area contributed by atoms with Crippen molar-refractivity contribution in [1.82, 2.24) is 20.1 Å². The number of hydrogen-bond donors (Lipinski definition) is 2. The number of nitro groups is 1. The Bertz CT molecular complexity index is 852. The first-order valence-electron chi connectivity index (χ1n) is 7.28. The van der Waals surface area contributed by atoms with Crippen LogP contribution in [-0.2, 0) is 0 Å². The van der Waals surface area contributed by atoms with Gasteiger partial charge in [-0.25, -0.2) is 0 Å². The van der Waals surface area contributed by atoms with E-state index in [4.69, 9.17) is 0 Å². The summed E-state index contributed by atoms with van der Waals surface area (Å²) < 4.78 is 1.97. The summed E-state index contributed by atoms with van der Waals surface area (Å²) in [5.41, 5.74) is 1.39. The van der Waals surface area contributed by atoms with Crippen molar-refractivity contribution < 1.29 is 9.72 Å². The normalized spacial score (nSPS) is 11.9. The van der Waals surface area contributed by atoms with E-state index in [1.807, 2.05) is 60.3 Å². The van der Waals surface area contributed by atoms with E-state index in [0.717, 1.165) is 17.4 Å². The quantitative estimate of drug-likeness (QED) is 0.555. The van der Waals surface area contributed by atoms with Crippen LogP contribution in [0.25, 0.3) is 5.69 Å². The van der Waals surface area contributed by atoms with Crippen LogP contribution in [0.2, 0.25) is 0 Å². The number of rotatable bonds is 5. The van der Waals surface area contributed by atoms with Crippen molar-refractivity contribution in [3.05, 3.63) is 76.4 Å². The van der Waals surface area contributed by atoms with Crippen molar-refractivity contribution in [3.63, 3.8) is 0 Å². The first kappa shape index (κ1) is 15.5.